The molecule has 174 valence electrons. The first-order chi connectivity index (χ1) is 14.4. The van der Waals surface area contributed by atoms with E-state index in [0.717, 1.165) is 31.4 Å². The number of rotatable bonds is 17. The number of aliphatic hydroxyl groups excluding tert-OH is 2. The lowest BCUT2D eigenvalue weighted by atomic mass is 10.1. The third-order valence-corrected chi connectivity index (χ3v) is 5.71. The van der Waals surface area contributed by atoms with E-state index in [1.165, 1.54) is 0 Å². The molecule has 2 atom stereocenters. The number of hydrogen-bond acceptors (Lipinski definition) is 6. The van der Waals surface area contributed by atoms with Crippen LogP contribution in [0.3, 0.4) is 0 Å². The Kier molecular flexibility index (Phi) is 13.8. The van der Waals surface area contributed by atoms with Crippen LogP contribution in [0, 0.1) is 11.8 Å². The number of nitrogens with zero attached hydrogens (tertiary/aromatic N) is 1. The van der Waals surface area contributed by atoms with Gasteiger partial charge in [-0.3, -0.25) is 0 Å². The number of anilines is 1. The summed E-state index contributed by atoms with van der Waals surface area (Å²) >= 11 is 0. The third-order valence-electron chi connectivity index (χ3n) is 5.71. The molecule has 0 aliphatic carbocycles. The highest BCUT2D eigenvalue weighted by Crippen LogP contribution is 2.19. The van der Waals surface area contributed by atoms with E-state index in [4.69, 9.17) is 9.47 Å². The fourth-order valence-electron chi connectivity index (χ4n) is 3.35. The topological polar surface area (TPSA) is 82.4 Å². The molecule has 0 bridgehead atoms. The molecule has 0 saturated carbocycles. The first-order valence-corrected chi connectivity index (χ1v) is 11.5. The Morgan fingerprint density at radius 1 is 0.700 bits per heavy atom. The number of phenols is 1. The first-order valence-electron chi connectivity index (χ1n) is 11.5. The van der Waals surface area contributed by atoms with Gasteiger partial charge >= 0.3 is 0 Å². The van der Waals surface area contributed by atoms with E-state index in [1.807, 2.05) is 4.90 Å². The molecule has 1 aromatic carbocycles. The van der Waals surface area contributed by atoms with Crippen molar-refractivity contribution < 1.29 is 24.8 Å². The molecule has 0 aliphatic heterocycles. The molecule has 0 aromatic heterocycles. The van der Waals surface area contributed by atoms with E-state index in [2.05, 4.69) is 27.7 Å². The van der Waals surface area contributed by atoms with Crippen molar-refractivity contribution >= 4 is 5.69 Å². The van der Waals surface area contributed by atoms with Gasteiger partial charge in [-0.05, 0) is 36.1 Å². The minimum atomic E-state index is -0.675. The summed E-state index contributed by atoms with van der Waals surface area (Å²) in [6.07, 6.45) is 2.91. The van der Waals surface area contributed by atoms with E-state index in [-0.39, 0.29) is 19.0 Å². The predicted molar refractivity (Wildman–Crippen MR) is 122 cm³/mol. The van der Waals surface area contributed by atoms with Gasteiger partial charge in [0, 0.05) is 32.0 Å². The lowest BCUT2D eigenvalue weighted by Crippen LogP contribution is -2.41. The van der Waals surface area contributed by atoms with Crippen molar-refractivity contribution in [3.63, 3.8) is 0 Å². The molecular formula is C24H43NO5. The molecular weight excluding hydrogens is 382 g/mol. The van der Waals surface area contributed by atoms with Gasteiger partial charge in [0.15, 0.2) is 0 Å². The van der Waals surface area contributed by atoms with Gasteiger partial charge < -0.3 is 29.7 Å². The Morgan fingerprint density at radius 2 is 1.10 bits per heavy atom. The Hall–Kier alpha value is -1.34. The van der Waals surface area contributed by atoms with Gasteiger partial charge in [-0.2, -0.15) is 0 Å². The summed E-state index contributed by atoms with van der Waals surface area (Å²) in [6, 6.07) is 6.78. The van der Waals surface area contributed by atoms with E-state index in [1.54, 1.807) is 24.3 Å². The standard InChI is InChI=1S/C24H43NO5/c1-5-19(6-2)15-29-17-23(27)13-25(21-9-11-22(26)12-10-21)14-24(28)18-30-16-20(7-3)8-4/h9-12,19-20,23-24,26-28H,5-8,13-18H2,1-4H3. The fourth-order valence-corrected chi connectivity index (χ4v) is 3.35. The van der Waals surface area contributed by atoms with Crippen molar-refractivity contribution in [2.24, 2.45) is 11.8 Å². The number of aliphatic hydroxyl groups is 2. The summed E-state index contributed by atoms with van der Waals surface area (Å²) in [5.74, 6) is 1.21. The molecule has 0 saturated heterocycles. The Bertz CT molecular complexity index is 505. The normalized spacial score (nSPS) is 13.7. The summed E-state index contributed by atoms with van der Waals surface area (Å²) in [6.45, 7) is 11.1. The SMILES string of the molecule is CCC(CC)COCC(O)CN(CC(O)COCC(CC)CC)c1ccc(O)cc1. The monoisotopic (exact) mass is 425 g/mol. The van der Waals surface area contributed by atoms with Crippen LogP contribution in [0.2, 0.25) is 0 Å². The van der Waals surface area contributed by atoms with Gasteiger partial charge in [0.05, 0.1) is 25.4 Å². The van der Waals surface area contributed by atoms with Crippen LogP contribution in [0.1, 0.15) is 53.4 Å². The quantitative estimate of drug-likeness (QED) is 0.352. The minimum Gasteiger partial charge on any atom is -0.508 e. The van der Waals surface area contributed by atoms with Crippen LogP contribution in [0.5, 0.6) is 5.75 Å². The highest BCUT2D eigenvalue weighted by molar-refractivity contribution is 5.49. The largest absolute Gasteiger partial charge is 0.508 e. The number of hydrogen-bond donors (Lipinski definition) is 3. The molecule has 0 amide bonds. The Balaban J connectivity index is 2.61. The Morgan fingerprint density at radius 3 is 1.47 bits per heavy atom. The van der Waals surface area contributed by atoms with Crippen LogP contribution in [-0.2, 0) is 9.47 Å². The van der Waals surface area contributed by atoms with Gasteiger partial charge in [-0.25, -0.2) is 0 Å². The molecule has 1 aromatic rings. The van der Waals surface area contributed by atoms with Crippen LogP contribution in [0.4, 0.5) is 5.69 Å². The van der Waals surface area contributed by atoms with Crippen LogP contribution in [0.15, 0.2) is 24.3 Å². The second-order valence-corrected chi connectivity index (χ2v) is 8.17. The molecule has 0 heterocycles. The average Bonchev–Trinajstić information content (AvgIpc) is 2.74. The molecule has 0 radical (unpaired) electrons. The maximum absolute atomic E-state index is 10.5. The second-order valence-electron chi connectivity index (χ2n) is 8.17. The molecule has 6 nitrogen and oxygen atoms in total. The molecule has 0 aliphatic rings. The van der Waals surface area contributed by atoms with E-state index in [9.17, 15) is 15.3 Å². The van der Waals surface area contributed by atoms with Crippen molar-refractivity contribution in [2.75, 3.05) is 44.4 Å². The highest BCUT2D eigenvalue weighted by atomic mass is 16.5. The lowest BCUT2D eigenvalue weighted by molar-refractivity contribution is 0.0142. The predicted octanol–water partition coefficient (Wildman–Crippen LogP) is 3.83. The zero-order chi connectivity index (χ0) is 22.4. The van der Waals surface area contributed by atoms with Crippen molar-refractivity contribution in [1.82, 2.24) is 0 Å². The summed E-state index contributed by atoms with van der Waals surface area (Å²) in [5.41, 5.74) is 0.825. The summed E-state index contributed by atoms with van der Waals surface area (Å²) in [7, 11) is 0. The maximum Gasteiger partial charge on any atom is 0.115 e. The minimum absolute atomic E-state index is 0.182. The van der Waals surface area contributed by atoms with Crippen LogP contribution < -0.4 is 4.90 Å². The van der Waals surface area contributed by atoms with Crippen LogP contribution >= 0.6 is 0 Å². The first kappa shape index (κ1) is 26.7. The summed E-state index contributed by atoms with van der Waals surface area (Å²) in [4.78, 5) is 1.91. The van der Waals surface area contributed by atoms with Crippen molar-refractivity contribution in [1.29, 1.82) is 0 Å². The molecule has 0 spiro atoms. The summed E-state index contributed by atoms with van der Waals surface area (Å²) in [5, 5.41) is 30.6. The lowest BCUT2D eigenvalue weighted by Gasteiger charge is -2.30. The average molecular weight is 426 g/mol. The van der Waals surface area contributed by atoms with Gasteiger partial charge in [0.1, 0.15) is 5.75 Å². The van der Waals surface area contributed by atoms with Gasteiger partial charge in [-0.1, -0.05) is 53.4 Å². The number of phenolic OH excluding ortho intramolecular Hbond substituents is 1. The summed E-state index contributed by atoms with van der Waals surface area (Å²) < 4.78 is 11.4. The fraction of sp³-hybridized carbons (Fsp3) is 0.750. The molecule has 30 heavy (non-hydrogen) atoms. The number of benzene rings is 1. The van der Waals surface area contributed by atoms with Crippen LogP contribution in [-0.4, -0.2) is 67.0 Å². The van der Waals surface area contributed by atoms with Crippen molar-refractivity contribution in [2.45, 2.75) is 65.6 Å². The molecule has 1 rings (SSSR count). The zero-order valence-electron chi connectivity index (χ0n) is 19.3. The molecule has 3 N–H and O–H groups in total. The number of aromatic hydroxyl groups is 1. The number of ether oxygens (including phenoxy) is 2. The van der Waals surface area contributed by atoms with E-state index < -0.39 is 12.2 Å². The molecule has 2 unspecified atom stereocenters. The smallest absolute Gasteiger partial charge is 0.115 e. The molecule has 0 fully saturated rings. The molecule has 6 heteroatoms. The van der Waals surface area contributed by atoms with E-state index in [0.29, 0.717) is 38.1 Å². The Labute approximate surface area is 182 Å². The second kappa shape index (κ2) is 15.5. The zero-order valence-corrected chi connectivity index (χ0v) is 19.3. The van der Waals surface area contributed by atoms with Gasteiger partial charge in [0.25, 0.3) is 0 Å². The third kappa shape index (κ3) is 10.6. The highest BCUT2D eigenvalue weighted by Gasteiger charge is 2.18. The van der Waals surface area contributed by atoms with Gasteiger partial charge in [-0.15, -0.1) is 0 Å². The van der Waals surface area contributed by atoms with Crippen molar-refractivity contribution in [3.05, 3.63) is 24.3 Å². The maximum atomic E-state index is 10.5. The van der Waals surface area contributed by atoms with Gasteiger partial charge in [0.2, 0.25) is 0 Å². The van der Waals surface area contributed by atoms with E-state index >= 15 is 0 Å². The van der Waals surface area contributed by atoms with Crippen molar-refractivity contribution in [3.8, 4) is 5.75 Å². The van der Waals surface area contributed by atoms with Crippen LogP contribution in [0.25, 0.3) is 0 Å².